The van der Waals surface area contributed by atoms with Crippen molar-refractivity contribution in [1.82, 2.24) is 9.96 Å². The van der Waals surface area contributed by atoms with Crippen LogP contribution in [-0.4, -0.2) is 54.4 Å². The quantitative estimate of drug-likeness (QED) is 0.781. The van der Waals surface area contributed by atoms with Gasteiger partial charge in [0, 0.05) is 13.6 Å². The van der Waals surface area contributed by atoms with Gasteiger partial charge < -0.3 is 10.0 Å². The Bertz CT molecular complexity index is 391. The van der Waals surface area contributed by atoms with E-state index in [9.17, 15) is 5.11 Å². The minimum Gasteiger partial charge on any atom is -0.390 e. The van der Waals surface area contributed by atoms with E-state index < -0.39 is 0 Å². The van der Waals surface area contributed by atoms with Crippen LogP contribution in [0.4, 0.5) is 0 Å². The van der Waals surface area contributed by atoms with Gasteiger partial charge in [0.1, 0.15) is 0 Å². The number of β-amino-alcohol motifs (C(OH)–C–C–N with tert-alkyl or cyclic N) is 1. The fourth-order valence-electron chi connectivity index (χ4n) is 2.71. The van der Waals surface area contributed by atoms with Crippen LogP contribution in [0.25, 0.3) is 0 Å². The van der Waals surface area contributed by atoms with Crippen molar-refractivity contribution in [2.75, 3.05) is 33.2 Å². The topological polar surface area (TPSA) is 35.9 Å². The minimum atomic E-state index is -0.362. The highest BCUT2D eigenvalue weighted by Crippen LogP contribution is 2.16. The Morgan fingerprint density at radius 2 is 1.95 bits per heavy atom. The van der Waals surface area contributed by atoms with Crippen molar-refractivity contribution in [3.63, 3.8) is 0 Å². The fraction of sp³-hybridized carbons (Fsp3) is 0.647. The van der Waals surface area contributed by atoms with Crippen molar-refractivity contribution in [2.45, 2.75) is 32.5 Å². The van der Waals surface area contributed by atoms with E-state index >= 15 is 0 Å². The Kier molecular flexibility index (Phi) is 6.64. The molecule has 1 aromatic carbocycles. The maximum atomic E-state index is 10.2. The summed E-state index contributed by atoms with van der Waals surface area (Å²) >= 11 is 0. The van der Waals surface area contributed by atoms with E-state index in [0.29, 0.717) is 13.2 Å². The lowest BCUT2D eigenvalue weighted by Crippen LogP contribution is -2.42. The van der Waals surface area contributed by atoms with E-state index in [2.05, 4.69) is 11.8 Å². The first kappa shape index (κ1) is 16.4. The molecule has 1 aromatic rings. The van der Waals surface area contributed by atoms with Gasteiger partial charge in [-0.1, -0.05) is 37.3 Å². The van der Waals surface area contributed by atoms with Gasteiger partial charge in [-0.25, -0.2) is 0 Å². The third-order valence-electron chi connectivity index (χ3n) is 4.11. The molecule has 0 aliphatic carbocycles. The van der Waals surface area contributed by atoms with Gasteiger partial charge >= 0.3 is 0 Å². The standard InChI is InChI=1S/C17H28N2O2/c1-15-8-10-19(11-9-15)13-17(20)12-18(2)21-14-16-6-4-3-5-7-16/h3-7,15,17,20H,8-14H2,1-2H3. The molecule has 0 saturated carbocycles. The molecule has 1 unspecified atom stereocenters. The molecule has 0 aromatic heterocycles. The molecule has 1 aliphatic rings. The second-order valence-electron chi connectivity index (χ2n) is 6.21. The molecule has 1 N–H and O–H groups in total. The monoisotopic (exact) mass is 292 g/mol. The number of aliphatic hydroxyl groups excluding tert-OH is 1. The summed E-state index contributed by atoms with van der Waals surface area (Å²) in [5, 5.41) is 11.9. The third kappa shape index (κ3) is 6.14. The predicted molar refractivity (Wildman–Crippen MR) is 84.7 cm³/mol. The number of piperidine rings is 1. The Balaban J connectivity index is 1.64. The number of nitrogens with zero attached hydrogens (tertiary/aromatic N) is 2. The minimum absolute atomic E-state index is 0.362. The summed E-state index contributed by atoms with van der Waals surface area (Å²) in [4.78, 5) is 8.02. The van der Waals surface area contributed by atoms with Crippen molar-refractivity contribution in [1.29, 1.82) is 0 Å². The molecule has 4 heteroatoms. The summed E-state index contributed by atoms with van der Waals surface area (Å²) < 4.78 is 0. The zero-order valence-electron chi connectivity index (χ0n) is 13.2. The second kappa shape index (κ2) is 8.49. The van der Waals surface area contributed by atoms with Crippen LogP contribution in [0, 0.1) is 5.92 Å². The van der Waals surface area contributed by atoms with Gasteiger partial charge in [-0.05, 0) is 37.4 Å². The highest BCUT2D eigenvalue weighted by molar-refractivity contribution is 5.13. The molecule has 0 spiro atoms. The lowest BCUT2D eigenvalue weighted by Gasteiger charge is -2.32. The molecule has 2 rings (SSSR count). The molecule has 1 fully saturated rings. The SMILES string of the molecule is CC1CCN(CC(O)CN(C)OCc2ccccc2)CC1. The Hall–Kier alpha value is -0.940. The number of benzene rings is 1. The molecule has 1 saturated heterocycles. The number of rotatable bonds is 7. The van der Waals surface area contributed by atoms with Crippen LogP contribution in [0.1, 0.15) is 25.3 Å². The molecule has 1 heterocycles. The lowest BCUT2D eigenvalue weighted by molar-refractivity contribution is -0.166. The van der Waals surface area contributed by atoms with Gasteiger partial charge in [0.05, 0.1) is 19.3 Å². The molecule has 0 radical (unpaired) electrons. The van der Waals surface area contributed by atoms with Crippen molar-refractivity contribution < 1.29 is 9.94 Å². The van der Waals surface area contributed by atoms with Gasteiger partial charge in [0.25, 0.3) is 0 Å². The zero-order chi connectivity index (χ0) is 15.1. The largest absolute Gasteiger partial charge is 0.390 e. The Morgan fingerprint density at radius 3 is 2.62 bits per heavy atom. The first-order chi connectivity index (χ1) is 10.1. The number of likely N-dealkylation sites (N-methyl/N-ethyl adjacent to an activating group) is 1. The summed E-state index contributed by atoms with van der Waals surface area (Å²) in [5.74, 6) is 0.829. The average Bonchev–Trinajstić information content (AvgIpc) is 2.48. The number of likely N-dealkylation sites (tertiary alicyclic amines) is 1. The van der Waals surface area contributed by atoms with Crippen LogP contribution < -0.4 is 0 Å². The van der Waals surface area contributed by atoms with Crippen molar-refractivity contribution in [3.8, 4) is 0 Å². The molecular formula is C17H28N2O2. The highest BCUT2D eigenvalue weighted by Gasteiger charge is 2.19. The molecule has 1 aliphatic heterocycles. The fourth-order valence-corrected chi connectivity index (χ4v) is 2.71. The van der Waals surface area contributed by atoms with Gasteiger partial charge in [0.15, 0.2) is 0 Å². The second-order valence-corrected chi connectivity index (χ2v) is 6.21. The Morgan fingerprint density at radius 1 is 1.29 bits per heavy atom. The number of aliphatic hydroxyl groups is 1. The zero-order valence-corrected chi connectivity index (χ0v) is 13.2. The van der Waals surface area contributed by atoms with Crippen molar-refractivity contribution in [2.24, 2.45) is 5.92 Å². The van der Waals surface area contributed by atoms with Gasteiger partial charge in [-0.15, -0.1) is 0 Å². The summed E-state index contributed by atoms with van der Waals surface area (Å²) in [6.07, 6.45) is 2.12. The molecule has 0 bridgehead atoms. The molecule has 118 valence electrons. The van der Waals surface area contributed by atoms with Crippen molar-refractivity contribution >= 4 is 0 Å². The smallest absolute Gasteiger partial charge is 0.0935 e. The predicted octanol–water partition coefficient (Wildman–Crippen LogP) is 2.14. The number of hydrogen-bond donors (Lipinski definition) is 1. The van der Waals surface area contributed by atoms with Gasteiger partial charge in [0.2, 0.25) is 0 Å². The first-order valence-electron chi connectivity index (χ1n) is 7.92. The van der Waals surface area contributed by atoms with Crippen LogP contribution >= 0.6 is 0 Å². The first-order valence-corrected chi connectivity index (χ1v) is 7.92. The summed E-state index contributed by atoms with van der Waals surface area (Å²) in [5.41, 5.74) is 1.14. The maximum Gasteiger partial charge on any atom is 0.0935 e. The average molecular weight is 292 g/mol. The van der Waals surface area contributed by atoms with Gasteiger partial charge in [-0.3, -0.25) is 4.84 Å². The van der Waals surface area contributed by atoms with Crippen LogP contribution in [0.2, 0.25) is 0 Å². The van der Waals surface area contributed by atoms with E-state index in [-0.39, 0.29) is 6.10 Å². The lowest BCUT2D eigenvalue weighted by atomic mass is 9.99. The van der Waals surface area contributed by atoms with Crippen LogP contribution in [0.5, 0.6) is 0 Å². The van der Waals surface area contributed by atoms with E-state index in [1.54, 1.807) is 5.06 Å². The molecule has 21 heavy (non-hydrogen) atoms. The van der Waals surface area contributed by atoms with Crippen LogP contribution in [0.3, 0.4) is 0 Å². The van der Waals surface area contributed by atoms with E-state index in [0.717, 1.165) is 31.1 Å². The molecular weight excluding hydrogens is 264 g/mol. The molecule has 1 atom stereocenters. The van der Waals surface area contributed by atoms with Crippen LogP contribution in [0.15, 0.2) is 30.3 Å². The molecule has 4 nitrogen and oxygen atoms in total. The summed E-state index contributed by atoms with van der Waals surface area (Å²) in [7, 11) is 1.88. The van der Waals surface area contributed by atoms with E-state index in [1.165, 1.54) is 12.8 Å². The third-order valence-corrected chi connectivity index (χ3v) is 4.11. The number of hydroxylamine groups is 2. The Labute approximate surface area is 128 Å². The maximum absolute atomic E-state index is 10.2. The highest BCUT2D eigenvalue weighted by atomic mass is 16.7. The normalized spacial score (nSPS) is 19.0. The number of hydrogen-bond acceptors (Lipinski definition) is 4. The van der Waals surface area contributed by atoms with Crippen LogP contribution in [-0.2, 0) is 11.4 Å². The summed E-state index contributed by atoms with van der Waals surface area (Å²) in [6.45, 7) is 6.34. The van der Waals surface area contributed by atoms with E-state index in [4.69, 9.17) is 4.84 Å². The summed E-state index contributed by atoms with van der Waals surface area (Å²) in [6, 6.07) is 10.1. The van der Waals surface area contributed by atoms with E-state index in [1.807, 2.05) is 37.4 Å². The molecule has 0 amide bonds. The van der Waals surface area contributed by atoms with Gasteiger partial charge in [-0.2, -0.15) is 5.06 Å². The van der Waals surface area contributed by atoms with Crippen molar-refractivity contribution in [3.05, 3.63) is 35.9 Å².